The number of amides is 2. The van der Waals surface area contributed by atoms with Crippen LogP contribution in [-0.4, -0.2) is 54.7 Å². The van der Waals surface area contributed by atoms with Crippen LogP contribution in [-0.2, 0) is 16.0 Å². The molecule has 9 nitrogen and oxygen atoms in total. The van der Waals surface area contributed by atoms with Gasteiger partial charge in [-0.05, 0) is 12.8 Å². The molecule has 0 spiro atoms. The van der Waals surface area contributed by atoms with Crippen molar-refractivity contribution in [3.8, 4) is 0 Å². The number of rotatable bonds is 6. The average Bonchev–Trinajstić information content (AvgIpc) is 3.36. The van der Waals surface area contributed by atoms with Gasteiger partial charge in [-0.2, -0.15) is 5.10 Å². The van der Waals surface area contributed by atoms with E-state index in [1.54, 1.807) is 6.07 Å². The van der Waals surface area contributed by atoms with Crippen LogP contribution in [0.25, 0.3) is 0 Å². The predicted molar refractivity (Wildman–Crippen MR) is 97.4 cm³/mol. The molecule has 1 aromatic heterocycles. The number of ether oxygens (including phenoxy) is 1. The lowest BCUT2D eigenvalue weighted by Gasteiger charge is -2.27. The average molecular weight is 405 g/mol. The van der Waals surface area contributed by atoms with E-state index in [0.717, 1.165) is 22.8 Å². The molecule has 3 heterocycles. The van der Waals surface area contributed by atoms with Crippen LogP contribution in [0.15, 0.2) is 34.1 Å². The molecule has 2 amide bonds. The summed E-state index contributed by atoms with van der Waals surface area (Å²) < 4.78 is 39.4. The number of nitrogens with zero attached hydrogens (tertiary/aromatic N) is 5. The number of aryl methyl sites for hydroxylation is 1. The fourth-order valence-electron chi connectivity index (χ4n) is 3.24. The van der Waals surface area contributed by atoms with E-state index in [2.05, 4.69) is 10.3 Å². The fraction of sp³-hybridized carbons (Fsp3) is 0.333. The number of cyclic esters (lactones) is 1. The Labute approximate surface area is 164 Å². The van der Waals surface area contributed by atoms with Gasteiger partial charge in [-0.1, -0.05) is 5.16 Å². The molecular weight excluding hydrogens is 388 g/mol. The Bertz CT molecular complexity index is 913. The number of halogens is 2. The monoisotopic (exact) mass is 405 g/mol. The molecular formula is C18H17F2N5O4. The summed E-state index contributed by atoms with van der Waals surface area (Å²) in [6.45, 7) is 0.561. The topological polar surface area (TPSA) is 91.5 Å². The van der Waals surface area contributed by atoms with Gasteiger partial charge in [0.2, 0.25) is 6.41 Å². The van der Waals surface area contributed by atoms with Crippen LogP contribution in [0.3, 0.4) is 0 Å². The second-order valence-corrected chi connectivity index (χ2v) is 6.60. The van der Waals surface area contributed by atoms with Crippen molar-refractivity contribution in [1.82, 2.24) is 10.2 Å². The van der Waals surface area contributed by atoms with Crippen molar-refractivity contribution < 1.29 is 27.6 Å². The third-order valence-corrected chi connectivity index (χ3v) is 4.72. The maximum atomic E-state index is 14.7. The van der Waals surface area contributed by atoms with Crippen molar-refractivity contribution in [2.24, 2.45) is 5.10 Å². The van der Waals surface area contributed by atoms with Crippen LogP contribution in [0.4, 0.5) is 25.0 Å². The van der Waals surface area contributed by atoms with E-state index in [1.165, 1.54) is 22.4 Å². The zero-order valence-corrected chi connectivity index (χ0v) is 15.2. The van der Waals surface area contributed by atoms with Crippen molar-refractivity contribution in [2.45, 2.75) is 18.9 Å². The Morgan fingerprint density at radius 1 is 1.24 bits per heavy atom. The zero-order valence-electron chi connectivity index (χ0n) is 15.2. The number of carbonyl (C=O) groups excluding carboxylic acids is 2. The standard InChI is InChI=1S/C18H17F2N5O4/c19-15-7-13(8-16(20)17(15)23-4-5-24(11-26)21-10-23)25-9-14(29-18(25)27)2-1-12-3-6-28-22-12/h3,6-8,10-11,14H,1-2,4-5,9H2/t14-/m0/s1. The fourth-order valence-corrected chi connectivity index (χ4v) is 3.24. The summed E-state index contributed by atoms with van der Waals surface area (Å²) in [7, 11) is 0. The van der Waals surface area contributed by atoms with Crippen molar-refractivity contribution in [2.75, 3.05) is 29.4 Å². The van der Waals surface area contributed by atoms with E-state index in [9.17, 15) is 18.4 Å². The summed E-state index contributed by atoms with van der Waals surface area (Å²) in [4.78, 5) is 25.3. The van der Waals surface area contributed by atoms with Crippen LogP contribution < -0.4 is 9.80 Å². The molecule has 1 saturated heterocycles. The van der Waals surface area contributed by atoms with Crippen LogP contribution in [0.5, 0.6) is 0 Å². The minimum Gasteiger partial charge on any atom is -0.444 e. The molecule has 29 heavy (non-hydrogen) atoms. The van der Waals surface area contributed by atoms with E-state index in [1.807, 2.05) is 0 Å². The molecule has 152 valence electrons. The van der Waals surface area contributed by atoms with Crippen molar-refractivity contribution in [3.05, 3.63) is 41.8 Å². The summed E-state index contributed by atoms with van der Waals surface area (Å²) >= 11 is 0. The highest BCUT2D eigenvalue weighted by molar-refractivity contribution is 5.90. The number of hydrogen-bond donors (Lipinski definition) is 0. The largest absolute Gasteiger partial charge is 0.444 e. The minimum atomic E-state index is -0.843. The van der Waals surface area contributed by atoms with Gasteiger partial charge in [0.05, 0.1) is 24.5 Å². The lowest BCUT2D eigenvalue weighted by atomic mass is 10.1. The van der Waals surface area contributed by atoms with E-state index >= 15 is 0 Å². The molecule has 0 aliphatic carbocycles. The summed E-state index contributed by atoms with van der Waals surface area (Å²) in [6, 6.07) is 3.88. The molecule has 4 rings (SSSR count). The van der Waals surface area contributed by atoms with Gasteiger partial charge in [-0.15, -0.1) is 0 Å². The third kappa shape index (κ3) is 3.89. The predicted octanol–water partition coefficient (Wildman–Crippen LogP) is 2.13. The van der Waals surface area contributed by atoms with Crippen LogP contribution >= 0.6 is 0 Å². The molecule has 0 bridgehead atoms. The summed E-state index contributed by atoms with van der Waals surface area (Å²) in [5.74, 6) is -1.69. The number of aromatic nitrogens is 1. The quantitative estimate of drug-likeness (QED) is 0.684. The first-order valence-electron chi connectivity index (χ1n) is 8.94. The molecule has 1 fully saturated rings. The Morgan fingerprint density at radius 3 is 2.66 bits per heavy atom. The van der Waals surface area contributed by atoms with E-state index in [-0.39, 0.29) is 31.0 Å². The van der Waals surface area contributed by atoms with Crippen molar-refractivity contribution in [1.29, 1.82) is 0 Å². The van der Waals surface area contributed by atoms with Gasteiger partial charge in [0.25, 0.3) is 0 Å². The first-order chi connectivity index (χ1) is 14.0. The molecule has 2 aromatic rings. The Hall–Kier alpha value is -3.50. The zero-order chi connectivity index (χ0) is 20.4. The number of carbonyl (C=O) groups is 2. The van der Waals surface area contributed by atoms with E-state index in [0.29, 0.717) is 19.3 Å². The number of hydrogen-bond acceptors (Lipinski definition) is 7. The lowest BCUT2D eigenvalue weighted by molar-refractivity contribution is -0.118. The Kier molecular flexibility index (Phi) is 5.10. The van der Waals surface area contributed by atoms with E-state index in [4.69, 9.17) is 9.26 Å². The number of anilines is 2. The first kappa shape index (κ1) is 18.8. The van der Waals surface area contributed by atoms with Crippen LogP contribution in [0, 0.1) is 11.6 Å². The van der Waals surface area contributed by atoms with Crippen LogP contribution in [0.1, 0.15) is 12.1 Å². The highest BCUT2D eigenvalue weighted by Gasteiger charge is 2.33. The van der Waals surface area contributed by atoms with Gasteiger partial charge in [-0.25, -0.2) is 18.6 Å². The molecule has 2 aliphatic rings. The lowest BCUT2D eigenvalue weighted by Crippen LogP contribution is -2.38. The minimum absolute atomic E-state index is 0.0705. The smallest absolute Gasteiger partial charge is 0.414 e. The number of benzene rings is 1. The second kappa shape index (κ2) is 7.86. The van der Waals surface area contributed by atoms with Gasteiger partial charge >= 0.3 is 6.09 Å². The Morgan fingerprint density at radius 2 is 2.03 bits per heavy atom. The third-order valence-electron chi connectivity index (χ3n) is 4.72. The molecule has 2 aliphatic heterocycles. The molecule has 11 heteroatoms. The van der Waals surface area contributed by atoms with Gasteiger partial charge in [0.15, 0.2) is 11.6 Å². The van der Waals surface area contributed by atoms with Crippen molar-refractivity contribution >= 4 is 30.2 Å². The van der Waals surface area contributed by atoms with Crippen molar-refractivity contribution in [3.63, 3.8) is 0 Å². The highest BCUT2D eigenvalue weighted by Crippen LogP contribution is 2.31. The molecule has 0 unspecified atom stereocenters. The summed E-state index contributed by atoms with van der Waals surface area (Å²) in [5.41, 5.74) is 0.511. The van der Waals surface area contributed by atoms with Gasteiger partial charge in [0.1, 0.15) is 24.4 Å². The maximum absolute atomic E-state index is 14.7. The summed E-state index contributed by atoms with van der Waals surface area (Å²) in [6.07, 6.45) is 3.14. The second-order valence-electron chi connectivity index (χ2n) is 6.60. The molecule has 1 atom stereocenters. The summed E-state index contributed by atoms with van der Waals surface area (Å²) in [5, 5.41) is 8.71. The highest BCUT2D eigenvalue weighted by atomic mass is 19.1. The molecule has 0 saturated carbocycles. The van der Waals surface area contributed by atoms with Gasteiger partial charge < -0.3 is 14.2 Å². The molecule has 0 radical (unpaired) electrons. The Balaban J connectivity index is 1.47. The van der Waals surface area contributed by atoms with Gasteiger partial charge in [0, 0.05) is 24.7 Å². The normalized spacial score (nSPS) is 19.0. The SMILES string of the molecule is O=CN1CCN(c2c(F)cc(N3C[C@H](CCc4ccon4)OC3=O)cc2F)C=N1. The maximum Gasteiger partial charge on any atom is 0.414 e. The molecule has 0 N–H and O–H groups in total. The van der Waals surface area contributed by atoms with Crippen LogP contribution in [0.2, 0.25) is 0 Å². The number of hydrazone groups is 1. The first-order valence-corrected chi connectivity index (χ1v) is 8.94. The molecule has 1 aromatic carbocycles. The van der Waals surface area contributed by atoms with Gasteiger partial charge in [-0.3, -0.25) is 9.69 Å². The van der Waals surface area contributed by atoms with E-state index < -0.39 is 23.8 Å².